The SMILES string of the molecule is C[C@H](NC(=O)c1cc(C(=O)NCc2ccc3oc(=O)[nH]c3c2)nc2ccnn12)C(=O)NC1CN(S(C)(=O)=O)C1. The van der Waals surface area contributed by atoms with Crippen molar-refractivity contribution >= 4 is 44.5 Å². The van der Waals surface area contributed by atoms with Crippen molar-refractivity contribution in [3.63, 3.8) is 0 Å². The number of oxazole rings is 1. The van der Waals surface area contributed by atoms with Gasteiger partial charge in [-0.05, 0) is 24.6 Å². The molecule has 4 heterocycles. The van der Waals surface area contributed by atoms with Gasteiger partial charge in [0.1, 0.15) is 17.4 Å². The van der Waals surface area contributed by atoms with Crippen molar-refractivity contribution < 1.29 is 27.2 Å². The molecular weight excluding hydrogens is 532 g/mol. The minimum Gasteiger partial charge on any atom is -0.408 e. The van der Waals surface area contributed by atoms with Crippen LogP contribution in [0.2, 0.25) is 0 Å². The second-order valence-electron chi connectivity index (χ2n) is 9.14. The number of aromatic amines is 1. The summed E-state index contributed by atoms with van der Waals surface area (Å²) in [5.74, 6) is -2.28. The van der Waals surface area contributed by atoms with Crippen molar-refractivity contribution in [1.82, 2.24) is 39.8 Å². The molecule has 1 aliphatic heterocycles. The highest BCUT2D eigenvalue weighted by Gasteiger charge is 2.35. The number of benzene rings is 1. The molecule has 0 saturated carbocycles. The zero-order chi connectivity index (χ0) is 27.9. The van der Waals surface area contributed by atoms with E-state index in [1.165, 1.54) is 34.1 Å². The highest BCUT2D eigenvalue weighted by atomic mass is 32.2. The standard InChI is InChI=1S/C23H24N8O7S/c1-12(20(32)27-14-10-30(11-14)39(2,36)37)26-22(34)17-8-16(28-19-5-6-25-31(17)19)21(33)24-9-13-3-4-18-15(7-13)29-23(35)38-18/h3-8,12,14H,9-11H2,1-2H3,(H,24,33)(H,26,34)(H,27,32)(H,29,35)/t12-/m0/s1. The molecule has 1 saturated heterocycles. The lowest BCUT2D eigenvalue weighted by Crippen LogP contribution is -2.62. The first-order valence-corrected chi connectivity index (χ1v) is 13.6. The topological polar surface area (TPSA) is 201 Å². The molecule has 0 bridgehead atoms. The molecule has 3 amide bonds. The number of hydrogen-bond acceptors (Lipinski definition) is 9. The molecule has 1 fully saturated rings. The van der Waals surface area contributed by atoms with E-state index in [1.54, 1.807) is 18.2 Å². The lowest BCUT2D eigenvalue weighted by molar-refractivity contribution is -0.124. The number of carbonyl (C=O) groups is 3. The average molecular weight is 557 g/mol. The summed E-state index contributed by atoms with van der Waals surface area (Å²) in [5.41, 5.74) is 1.77. The third-order valence-electron chi connectivity index (χ3n) is 6.17. The Bertz CT molecular complexity index is 1770. The van der Waals surface area contributed by atoms with Crippen LogP contribution in [-0.2, 0) is 21.4 Å². The normalized spacial score (nSPS) is 15.1. The van der Waals surface area contributed by atoms with Crippen LogP contribution < -0.4 is 21.7 Å². The van der Waals surface area contributed by atoms with E-state index in [0.717, 1.165) is 6.26 Å². The second kappa shape index (κ2) is 9.95. The highest BCUT2D eigenvalue weighted by Crippen LogP contribution is 2.14. The summed E-state index contributed by atoms with van der Waals surface area (Å²) in [6, 6.07) is 6.46. The van der Waals surface area contributed by atoms with Crippen molar-refractivity contribution in [3.05, 3.63) is 64.0 Å². The van der Waals surface area contributed by atoms with E-state index >= 15 is 0 Å². The molecule has 1 aliphatic rings. The Kier molecular flexibility index (Phi) is 6.65. The molecule has 1 atom stereocenters. The van der Waals surface area contributed by atoms with Crippen molar-refractivity contribution in [2.24, 2.45) is 0 Å². The molecule has 0 spiro atoms. The molecular formula is C23H24N8O7S. The van der Waals surface area contributed by atoms with Crippen LogP contribution in [0.3, 0.4) is 0 Å². The minimum atomic E-state index is -3.32. The van der Waals surface area contributed by atoms with Crippen LogP contribution >= 0.6 is 0 Å². The van der Waals surface area contributed by atoms with Crippen LogP contribution in [0, 0.1) is 0 Å². The first-order chi connectivity index (χ1) is 18.5. The summed E-state index contributed by atoms with van der Waals surface area (Å²) in [6.07, 6.45) is 2.51. The molecule has 3 aromatic heterocycles. The fourth-order valence-electron chi connectivity index (χ4n) is 4.04. The number of nitrogens with zero attached hydrogens (tertiary/aromatic N) is 4. The molecule has 1 aromatic carbocycles. The van der Waals surface area contributed by atoms with Gasteiger partial charge in [0.15, 0.2) is 11.2 Å². The Morgan fingerprint density at radius 3 is 2.69 bits per heavy atom. The molecule has 0 aliphatic carbocycles. The molecule has 4 aromatic rings. The number of carbonyl (C=O) groups excluding carboxylic acids is 3. The van der Waals surface area contributed by atoms with Gasteiger partial charge in [0.2, 0.25) is 15.9 Å². The number of nitrogens with one attached hydrogen (secondary N) is 4. The molecule has 4 N–H and O–H groups in total. The maximum Gasteiger partial charge on any atom is 0.417 e. The van der Waals surface area contributed by atoms with Gasteiger partial charge in [0.25, 0.3) is 11.8 Å². The van der Waals surface area contributed by atoms with E-state index in [2.05, 4.69) is 31.0 Å². The number of H-pyrrole nitrogens is 1. The summed E-state index contributed by atoms with van der Waals surface area (Å²) in [5, 5.41) is 12.1. The number of sulfonamides is 1. The molecule has 0 radical (unpaired) electrons. The van der Waals surface area contributed by atoms with E-state index in [1.807, 2.05) is 0 Å². The van der Waals surface area contributed by atoms with E-state index in [0.29, 0.717) is 16.7 Å². The van der Waals surface area contributed by atoms with Crippen LogP contribution in [0.1, 0.15) is 33.5 Å². The molecule has 204 valence electrons. The van der Waals surface area contributed by atoms with Crippen LogP contribution in [0.25, 0.3) is 16.7 Å². The molecule has 5 rings (SSSR count). The monoisotopic (exact) mass is 556 g/mol. The molecule has 39 heavy (non-hydrogen) atoms. The smallest absolute Gasteiger partial charge is 0.408 e. The predicted molar refractivity (Wildman–Crippen MR) is 136 cm³/mol. The van der Waals surface area contributed by atoms with Gasteiger partial charge in [0, 0.05) is 31.8 Å². The van der Waals surface area contributed by atoms with Crippen molar-refractivity contribution in [1.29, 1.82) is 0 Å². The minimum absolute atomic E-state index is 0.0147. The number of fused-ring (bicyclic) bond motifs is 2. The van der Waals surface area contributed by atoms with Gasteiger partial charge in [-0.25, -0.2) is 22.7 Å². The van der Waals surface area contributed by atoms with E-state index in [9.17, 15) is 27.6 Å². The van der Waals surface area contributed by atoms with E-state index in [-0.39, 0.29) is 42.7 Å². The summed E-state index contributed by atoms with van der Waals surface area (Å²) in [6.45, 7) is 1.93. The summed E-state index contributed by atoms with van der Waals surface area (Å²) < 4.78 is 30.5. The van der Waals surface area contributed by atoms with Crippen molar-refractivity contribution in [2.75, 3.05) is 19.3 Å². The van der Waals surface area contributed by atoms with Crippen molar-refractivity contribution in [3.8, 4) is 0 Å². The van der Waals surface area contributed by atoms with E-state index < -0.39 is 39.5 Å². The molecule has 15 nitrogen and oxygen atoms in total. The number of hydrogen-bond donors (Lipinski definition) is 4. The van der Waals surface area contributed by atoms with Gasteiger partial charge in [-0.1, -0.05) is 6.07 Å². The Labute approximate surface area is 220 Å². The first-order valence-electron chi connectivity index (χ1n) is 11.8. The van der Waals surface area contributed by atoms with Gasteiger partial charge in [-0.2, -0.15) is 9.40 Å². The van der Waals surface area contributed by atoms with Gasteiger partial charge in [0.05, 0.1) is 24.0 Å². The fraction of sp³-hybridized carbons (Fsp3) is 0.304. The molecule has 0 unspecified atom stereocenters. The average Bonchev–Trinajstić information content (AvgIpc) is 3.47. The lowest BCUT2D eigenvalue weighted by Gasteiger charge is -2.37. The zero-order valence-corrected chi connectivity index (χ0v) is 21.6. The first kappa shape index (κ1) is 26.1. The predicted octanol–water partition coefficient (Wildman–Crippen LogP) is -1.03. The third-order valence-corrected chi connectivity index (χ3v) is 7.40. The summed E-state index contributed by atoms with van der Waals surface area (Å²) in [7, 11) is -3.32. The van der Waals surface area contributed by atoms with Crippen LogP contribution in [0.15, 0.2) is 45.7 Å². The van der Waals surface area contributed by atoms with Gasteiger partial charge in [-0.3, -0.25) is 19.4 Å². The van der Waals surface area contributed by atoms with Gasteiger partial charge < -0.3 is 20.4 Å². The Hall–Kier alpha value is -4.57. The second-order valence-corrected chi connectivity index (χ2v) is 11.1. The Morgan fingerprint density at radius 1 is 1.18 bits per heavy atom. The van der Waals surface area contributed by atoms with Crippen LogP contribution in [-0.4, -0.2) is 81.5 Å². The Morgan fingerprint density at radius 2 is 1.95 bits per heavy atom. The number of rotatable bonds is 8. The number of aromatic nitrogens is 4. The summed E-state index contributed by atoms with van der Waals surface area (Å²) >= 11 is 0. The van der Waals surface area contributed by atoms with Gasteiger partial charge in [-0.15, -0.1) is 0 Å². The third kappa shape index (κ3) is 5.51. The maximum atomic E-state index is 13.1. The van der Waals surface area contributed by atoms with Crippen molar-refractivity contribution in [2.45, 2.75) is 25.6 Å². The largest absolute Gasteiger partial charge is 0.417 e. The Balaban J connectivity index is 1.25. The lowest BCUT2D eigenvalue weighted by atomic mass is 10.1. The quantitative estimate of drug-likeness (QED) is 0.209. The number of amides is 3. The van der Waals surface area contributed by atoms with Crippen LogP contribution in [0.5, 0.6) is 0 Å². The van der Waals surface area contributed by atoms with Gasteiger partial charge >= 0.3 is 5.76 Å². The zero-order valence-electron chi connectivity index (χ0n) is 20.8. The highest BCUT2D eigenvalue weighted by molar-refractivity contribution is 7.88. The maximum absolute atomic E-state index is 13.1. The molecule has 16 heteroatoms. The van der Waals surface area contributed by atoms with Crippen LogP contribution in [0.4, 0.5) is 0 Å². The fourth-order valence-corrected chi connectivity index (χ4v) is 4.94. The summed E-state index contributed by atoms with van der Waals surface area (Å²) in [4.78, 5) is 56.7. The van der Waals surface area contributed by atoms with E-state index in [4.69, 9.17) is 4.42 Å².